The van der Waals surface area contributed by atoms with Crippen molar-refractivity contribution in [2.75, 3.05) is 20.3 Å². The lowest BCUT2D eigenvalue weighted by molar-refractivity contribution is 0.116. The average molecular weight is 414 g/mol. The number of phenolic OH excluding ortho intramolecular Hbond substituents is 1. The normalized spacial score (nSPS) is 16.5. The van der Waals surface area contributed by atoms with Crippen LogP contribution in [0, 0.1) is 0 Å². The van der Waals surface area contributed by atoms with E-state index < -0.39 is 0 Å². The maximum atomic E-state index is 10.2. The fraction of sp³-hybridized carbons (Fsp3) is 0.222. The second kappa shape index (κ2) is 9.73. The van der Waals surface area contributed by atoms with Crippen LogP contribution in [0.5, 0.6) is 5.75 Å². The third-order valence-corrected chi connectivity index (χ3v) is 5.61. The Bertz CT molecular complexity index is 1130. The van der Waals surface area contributed by atoms with Crippen molar-refractivity contribution in [3.63, 3.8) is 0 Å². The molecule has 0 aliphatic carbocycles. The number of aromatic nitrogens is 1. The quantitative estimate of drug-likeness (QED) is 0.508. The summed E-state index contributed by atoms with van der Waals surface area (Å²) in [5.74, 6) is 0.290. The Labute approximate surface area is 183 Å². The van der Waals surface area contributed by atoms with E-state index in [9.17, 15) is 5.11 Å². The molecule has 3 aromatic rings. The van der Waals surface area contributed by atoms with E-state index in [1.165, 1.54) is 0 Å². The Hall–Kier alpha value is -3.21. The lowest BCUT2D eigenvalue weighted by Crippen LogP contribution is -2.13. The van der Waals surface area contributed by atoms with E-state index in [2.05, 4.69) is 23.7 Å². The standard InChI is InChI=1S/C27H27NO3/c1-19(18-30-2)22-14-16-31-27(22)13-11-21(25-9-5-6-15-28-25)17-20-10-12-26(29)24-8-4-3-7-23(20)24/h3-10,12,14-15,17,27,29H,1,11,13,16,18H2,2H3/b21-17-. The number of methoxy groups -OCH3 is 1. The van der Waals surface area contributed by atoms with Gasteiger partial charge in [-0.25, -0.2) is 0 Å². The third kappa shape index (κ3) is 4.76. The van der Waals surface area contributed by atoms with Gasteiger partial charge in [-0.1, -0.05) is 49.1 Å². The van der Waals surface area contributed by atoms with Crippen molar-refractivity contribution in [3.05, 3.63) is 95.9 Å². The zero-order chi connectivity index (χ0) is 21.6. The predicted octanol–water partition coefficient (Wildman–Crippen LogP) is 5.79. The van der Waals surface area contributed by atoms with Crippen molar-refractivity contribution in [3.8, 4) is 5.75 Å². The number of rotatable bonds is 8. The highest BCUT2D eigenvalue weighted by molar-refractivity contribution is 5.98. The Balaban J connectivity index is 1.65. The molecule has 4 heteroatoms. The maximum Gasteiger partial charge on any atom is 0.123 e. The number of hydrogen-bond donors (Lipinski definition) is 1. The highest BCUT2D eigenvalue weighted by Crippen LogP contribution is 2.33. The number of aromatic hydroxyl groups is 1. The summed E-state index contributed by atoms with van der Waals surface area (Å²) >= 11 is 0. The minimum Gasteiger partial charge on any atom is -0.507 e. The molecule has 2 heterocycles. The zero-order valence-corrected chi connectivity index (χ0v) is 17.8. The van der Waals surface area contributed by atoms with Crippen LogP contribution in [0.2, 0.25) is 0 Å². The maximum absolute atomic E-state index is 10.2. The summed E-state index contributed by atoms with van der Waals surface area (Å²) < 4.78 is 11.2. The summed E-state index contributed by atoms with van der Waals surface area (Å²) in [7, 11) is 1.68. The Morgan fingerprint density at radius 1 is 1.16 bits per heavy atom. The van der Waals surface area contributed by atoms with Crippen LogP contribution in [-0.4, -0.2) is 36.5 Å². The van der Waals surface area contributed by atoms with E-state index in [0.29, 0.717) is 13.2 Å². The van der Waals surface area contributed by atoms with Crippen molar-refractivity contribution in [2.24, 2.45) is 0 Å². The molecule has 4 nitrogen and oxygen atoms in total. The molecule has 1 unspecified atom stereocenters. The number of allylic oxidation sites excluding steroid dienone is 1. The van der Waals surface area contributed by atoms with Crippen molar-refractivity contribution < 1.29 is 14.6 Å². The lowest BCUT2D eigenvalue weighted by Gasteiger charge is -2.17. The third-order valence-electron chi connectivity index (χ3n) is 5.61. The number of pyridine rings is 1. The van der Waals surface area contributed by atoms with E-state index in [1.807, 2.05) is 54.7 Å². The second-order valence-electron chi connectivity index (χ2n) is 7.66. The van der Waals surface area contributed by atoms with Crippen LogP contribution in [0.3, 0.4) is 0 Å². The van der Waals surface area contributed by atoms with Gasteiger partial charge in [0.1, 0.15) is 5.75 Å². The molecular formula is C27H27NO3. The van der Waals surface area contributed by atoms with Gasteiger partial charge in [-0.2, -0.15) is 0 Å². The number of nitrogens with zero attached hydrogens (tertiary/aromatic N) is 1. The molecule has 1 atom stereocenters. The molecule has 1 aromatic heterocycles. The number of fused-ring (bicyclic) bond motifs is 1. The molecule has 0 saturated carbocycles. The number of ether oxygens (including phenoxy) is 2. The van der Waals surface area contributed by atoms with E-state index in [4.69, 9.17) is 9.47 Å². The molecule has 0 saturated heterocycles. The van der Waals surface area contributed by atoms with Crippen LogP contribution in [0.25, 0.3) is 22.4 Å². The van der Waals surface area contributed by atoms with Gasteiger partial charge in [0.2, 0.25) is 0 Å². The SMILES string of the molecule is C=C(COC)C1=CCOC1CC/C(=C/c1ccc(O)c2ccccc12)c1ccccn1. The Morgan fingerprint density at radius 3 is 2.74 bits per heavy atom. The lowest BCUT2D eigenvalue weighted by atomic mass is 9.94. The van der Waals surface area contributed by atoms with Gasteiger partial charge in [-0.05, 0) is 64.8 Å². The topological polar surface area (TPSA) is 51.6 Å². The molecule has 0 fully saturated rings. The van der Waals surface area contributed by atoms with Gasteiger partial charge in [0.25, 0.3) is 0 Å². The first-order chi connectivity index (χ1) is 15.2. The van der Waals surface area contributed by atoms with Crippen molar-refractivity contribution in [2.45, 2.75) is 18.9 Å². The van der Waals surface area contributed by atoms with Crippen LogP contribution >= 0.6 is 0 Å². The van der Waals surface area contributed by atoms with E-state index >= 15 is 0 Å². The minimum absolute atomic E-state index is 0.00586. The van der Waals surface area contributed by atoms with Crippen LogP contribution in [0.1, 0.15) is 24.1 Å². The summed E-state index contributed by atoms with van der Waals surface area (Å²) in [6.45, 7) is 5.26. The molecule has 158 valence electrons. The summed E-state index contributed by atoms with van der Waals surface area (Å²) in [6, 6.07) is 17.6. The van der Waals surface area contributed by atoms with Crippen LogP contribution in [0.15, 0.2) is 84.6 Å². The Morgan fingerprint density at radius 2 is 1.97 bits per heavy atom. The molecule has 0 radical (unpaired) electrons. The van der Waals surface area contributed by atoms with Crippen molar-refractivity contribution in [1.82, 2.24) is 4.98 Å². The van der Waals surface area contributed by atoms with Gasteiger partial charge >= 0.3 is 0 Å². The van der Waals surface area contributed by atoms with Gasteiger partial charge < -0.3 is 14.6 Å². The smallest absolute Gasteiger partial charge is 0.123 e. The van der Waals surface area contributed by atoms with E-state index in [0.717, 1.165) is 51.6 Å². The first kappa shape index (κ1) is 21.0. The first-order valence-electron chi connectivity index (χ1n) is 10.5. The molecule has 0 bridgehead atoms. The average Bonchev–Trinajstić information content (AvgIpc) is 3.28. The minimum atomic E-state index is 0.00586. The fourth-order valence-electron chi connectivity index (χ4n) is 4.08. The highest BCUT2D eigenvalue weighted by atomic mass is 16.5. The number of hydrogen-bond acceptors (Lipinski definition) is 4. The first-order valence-corrected chi connectivity index (χ1v) is 10.5. The van der Waals surface area contributed by atoms with E-state index in [-0.39, 0.29) is 11.9 Å². The van der Waals surface area contributed by atoms with Crippen molar-refractivity contribution in [1.29, 1.82) is 0 Å². The second-order valence-corrected chi connectivity index (χ2v) is 7.66. The molecule has 1 aliphatic heterocycles. The monoisotopic (exact) mass is 413 g/mol. The molecule has 31 heavy (non-hydrogen) atoms. The fourth-order valence-corrected chi connectivity index (χ4v) is 4.08. The molecular weight excluding hydrogens is 386 g/mol. The molecule has 0 amide bonds. The van der Waals surface area contributed by atoms with Gasteiger partial charge in [0.15, 0.2) is 0 Å². The van der Waals surface area contributed by atoms with E-state index in [1.54, 1.807) is 13.2 Å². The van der Waals surface area contributed by atoms with Gasteiger partial charge in [0, 0.05) is 18.7 Å². The van der Waals surface area contributed by atoms with Crippen LogP contribution in [0.4, 0.5) is 0 Å². The molecule has 1 N–H and O–H groups in total. The molecule has 1 aliphatic rings. The predicted molar refractivity (Wildman–Crippen MR) is 126 cm³/mol. The summed E-state index contributed by atoms with van der Waals surface area (Å²) in [5, 5.41) is 12.1. The summed E-state index contributed by atoms with van der Waals surface area (Å²) in [4.78, 5) is 4.59. The van der Waals surface area contributed by atoms with Crippen molar-refractivity contribution >= 4 is 22.4 Å². The number of phenols is 1. The van der Waals surface area contributed by atoms with Crippen LogP contribution < -0.4 is 0 Å². The van der Waals surface area contributed by atoms with Gasteiger partial charge in [-0.15, -0.1) is 0 Å². The largest absolute Gasteiger partial charge is 0.507 e. The molecule has 4 rings (SSSR count). The van der Waals surface area contributed by atoms with Crippen LogP contribution in [-0.2, 0) is 9.47 Å². The summed E-state index contributed by atoms with van der Waals surface area (Å²) in [6.07, 6.45) is 7.72. The summed E-state index contributed by atoms with van der Waals surface area (Å²) in [5.41, 5.74) is 5.23. The molecule has 0 spiro atoms. The Kier molecular flexibility index (Phi) is 6.60. The zero-order valence-electron chi connectivity index (χ0n) is 17.8. The van der Waals surface area contributed by atoms with Gasteiger partial charge in [-0.3, -0.25) is 4.98 Å². The molecule has 2 aromatic carbocycles. The highest BCUT2D eigenvalue weighted by Gasteiger charge is 2.22. The van der Waals surface area contributed by atoms with Gasteiger partial charge in [0.05, 0.1) is 25.0 Å². The number of benzene rings is 2.